The summed E-state index contributed by atoms with van der Waals surface area (Å²) < 4.78 is 5.10. The van der Waals surface area contributed by atoms with Crippen LogP contribution < -0.4 is 0 Å². The van der Waals surface area contributed by atoms with E-state index in [2.05, 4.69) is 0 Å². The molecule has 0 spiro atoms. The van der Waals surface area contributed by atoms with Crippen molar-refractivity contribution in [1.82, 2.24) is 0 Å². The summed E-state index contributed by atoms with van der Waals surface area (Å²) in [7, 11) is 0. The van der Waals surface area contributed by atoms with E-state index in [-0.39, 0.29) is 12.8 Å². The summed E-state index contributed by atoms with van der Waals surface area (Å²) in [5.41, 5.74) is 0. The SMILES string of the molecule is CC1(O)CC(O)CC([C@@H](O)[C@@H](O)CO)O1. The van der Waals surface area contributed by atoms with Gasteiger partial charge in [-0.05, 0) is 6.92 Å². The van der Waals surface area contributed by atoms with Crippen LogP contribution in [0.3, 0.4) is 0 Å². The molecule has 0 aliphatic carbocycles. The van der Waals surface area contributed by atoms with Crippen molar-refractivity contribution >= 4 is 0 Å². The van der Waals surface area contributed by atoms with Crippen LogP contribution in [0.1, 0.15) is 19.8 Å². The summed E-state index contributed by atoms with van der Waals surface area (Å²) in [6.45, 7) is 0.777. The first-order valence-corrected chi connectivity index (χ1v) is 4.91. The summed E-state index contributed by atoms with van der Waals surface area (Å²) in [5, 5.41) is 46.4. The highest BCUT2D eigenvalue weighted by atomic mass is 16.6. The third-order valence-electron chi connectivity index (χ3n) is 2.49. The molecule has 0 aromatic heterocycles. The average Bonchev–Trinajstić information content (AvgIpc) is 2.12. The van der Waals surface area contributed by atoms with Gasteiger partial charge in [0.2, 0.25) is 0 Å². The van der Waals surface area contributed by atoms with Crippen molar-refractivity contribution < 1.29 is 30.3 Å². The van der Waals surface area contributed by atoms with Gasteiger partial charge in [0.05, 0.1) is 18.8 Å². The van der Waals surface area contributed by atoms with E-state index in [1.165, 1.54) is 6.92 Å². The number of aliphatic hydroxyl groups excluding tert-OH is 4. The second-order valence-electron chi connectivity index (χ2n) is 4.17. The Kier molecular flexibility index (Phi) is 4.05. The van der Waals surface area contributed by atoms with Gasteiger partial charge in [0.25, 0.3) is 0 Å². The molecule has 0 amide bonds. The van der Waals surface area contributed by atoms with Crippen LogP contribution in [0.15, 0.2) is 0 Å². The van der Waals surface area contributed by atoms with Gasteiger partial charge in [-0.2, -0.15) is 0 Å². The van der Waals surface area contributed by atoms with E-state index in [0.29, 0.717) is 0 Å². The Bertz CT molecular complexity index is 207. The van der Waals surface area contributed by atoms with Crippen LogP contribution in [0.2, 0.25) is 0 Å². The van der Waals surface area contributed by atoms with Crippen molar-refractivity contribution in [2.24, 2.45) is 0 Å². The van der Waals surface area contributed by atoms with E-state index >= 15 is 0 Å². The average molecular weight is 222 g/mol. The zero-order valence-electron chi connectivity index (χ0n) is 8.58. The van der Waals surface area contributed by atoms with E-state index in [1.807, 2.05) is 0 Å². The molecule has 1 aliphatic heterocycles. The highest BCUT2D eigenvalue weighted by molar-refractivity contribution is 4.86. The molecule has 5 N–H and O–H groups in total. The Hall–Kier alpha value is -0.240. The van der Waals surface area contributed by atoms with Gasteiger partial charge in [-0.15, -0.1) is 0 Å². The van der Waals surface area contributed by atoms with Gasteiger partial charge in [-0.3, -0.25) is 0 Å². The summed E-state index contributed by atoms with van der Waals surface area (Å²) >= 11 is 0. The molecule has 0 saturated carbocycles. The molecule has 0 aromatic carbocycles. The first kappa shape index (κ1) is 12.8. The molecule has 90 valence electrons. The van der Waals surface area contributed by atoms with Crippen molar-refractivity contribution in [2.75, 3.05) is 6.61 Å². The Balaban J connectivity index is 2.61. The summed E-state index contributed by atoms with van der Waals surface area (Å²) in [5.74, 6) is -1.52. The lowest BCUT2D eigenvalue weighted by Crippen LogP contribution is -2.52. The van der Waals surface area contributed by atoms with E-state index in [9.17, 15) is 20.4 Å². The zero-order chi connectivity index (χ0) is 11.6. The molecule has 0 bridgehead atoms. The van der Waals surface area contributed by atoms with Crippen molar-refractivity contribution in [3.05, 3.63) is 0 Å². The Labute approximate surface area is 87.7 Å². The first-order chi connectivity index (χ1) is 6.85. The molecule has 3 unspecified atom stereocenters. The maximum atomic E-state index is 9.58. The molecule has 0 aromatic rings. The number of rotatable bonds is 3. The number of hydrogen-bond donors (Lipinski definition) is 5. The smallest absolute Gasteiger partial charge is 0.165 e. The van der Waals surface area contributed by atoms with Crippen LogP contribution in [0.4, 0.5) is 0 Å². The number of aliphatic hydroxyl groups is 5. The second kappa shape index (κ2) is 4.73. The lowest BCUT2D eigenvalue weighted by Gasteiger charge is -2.39. The van der Waals surface area contributed by atoms with Crippen LogP contribution in [-0.2, 0) is 4.74 Å². The first-order valence-electron chi connectivity index (χ1n) is 4.91. The summed E-state index contributed by atoms with van der Waals surface area (Å²) in [6, 6.07) is 0. The lowest BCUT2D eigenvalue weighted by molar-refractivity contribution is -0.284. The fourth-order valence-corrected chi connectivity index (χ4v) is 1.78. The molecule has 1 fully saturated rings. The van der Waals surface area contributed by atoms with E-state index in [1.54, 1.807) is 0 Å². The largest absolute Gasteiger partial charge is 0.394 e. The lowest BCUT2D eigenvalue weighted by atomic mass is 9.94. The predicted molar refractivity (Wildman–Crippen MR) is 49.8 cm³/mol. The molecule has 1 rings (SSSR count). The summed E-state index contributed by atoms with van der Waals surface area (Å²) in [4.78, 5) is 0. The topological polar surface area (TPSA) is 110 Å². The second-order valence-corrected chi connectivity index (χ2v) is 4.17. The minimum absolute atomic E-state index is 0.0610. The van der Waals surface area contributed by atoms with E-state index in [4.69, 9.17) is 9.84 Å². The predicted octanol–water partition coefficient (Wildman–Crippen LogP) is -2.05. The van der Waals surface area contributed by atoms with Gasteiger partial charge in [-0.25, -0.2) is 0 Å². The van der Waals surface area contributed by atoms with Crippen LogP contribution in [0.25, 0.3) is 0 Å². The zero-order valence-corrected chi connectivity index (χ0v) is 8.58. The minimum atomic E-state index is -1.52. The summed E-state index contributed by atoms with van der Waals surface area (Å²) in [6.07, 6.45) is -4.16. The number of ether oxygens (including phenoxy) is 1. The third kappa shape index (κ3) is 3.37. The fourth-order valence-electron chi connectivity index (χ4n) is 1.78. The molecule has 15 heavy (non-hydrogen) atoms. The Morgan fingerprint density at radius 1 is 1.47 bits per heavy atom. The van der Waals surface area contributed by atoms with Gasteiger partial charge in [-0.1, -0.05) is 0 Å². The molecule has 1 aliphatic rings. The van der Waals surface area contributed by atoms with Crippen LogP contribution in [0.5, 0.6) is 0 Å². The number of hydrogen-bond acceptors (Lipinski definition) is 6. The fraction of sp³-hybridized carbons (Fsp3) is 1.00. The Morgan fingerprint density at radius 2 is 2.07 bits per heavy atom. The van der Waals surface area contributed by atoms with Gasteiger partial charge in [0.15, 0.2) is 5.79 Å². The quantitative estimate of drug-likeness (QED) is 0.376. The molecule has 5 atom stereocenters. The third-order valence-corrected chi connectivity index (χ3v) is 2.49. The van der Waals surface area contributed by atoms with Gasteiger partial charge < -0.3 is 30.3 Å². The maximum absolute atomic E-state index is 9.58. The monoisotopic (exact) mass is 222 g/mol. The molecule has 1 saturated heterocycles. The van der Waals surface area contributed by atoms with E-state index in [0.717, 1.165) is 0 Å². The highest BCUT2D eigenvalue weighted by Crippen LogP contribution is 2.28. The Morgan fingerprint density at radius 3 is 2.53 bits per heavy atom. The van der Waals surface area contributed by atoms with Crippen LogP contribution >= 0.6 is 0 Å². The molecule has 0 radical (unpaired) electrons. The highest BCUT2D eigenvalue weighted by Gasteiger charge is 2.40. The van der Waals surface area contributed by atoms with Crippen molar-refractivity contribution in [1.29, 1.82) is 0 Å². The van der Waals surface area contributed by atoms with Crippen molar-refractivity contribution in [3.8, 4) is 0 Å². The van der Waals surface area contributed by atoms with Crippen LogP contribution in [-0.4, -0.2) is 62.3 Å². The van der Waals surface area contributed by atoms with Gasteiger partial charge >= 0.3 is 0 Å². The van der Waals surface area contributed by atoms with Crippen molar-refractivity contribution in [2.45, 2.75) is 50.0 Å². The van der Waals surface area contributed by atoms with Crippen molar-refractivity contribution in [3.63, 3.8) is 0 Å². The molecular formula is C9H18O6. The molecular weight excluding hydrogens is 204 g/mol. The van der Waals surface area contributed by atoms with Gasteiger partial charge in [0.1, 0.15) is 12.2 Å². The molecule has 6 heteroatoms. The minimum Gasteiger partial charge on any atom is -0.394 e. The normalized spacial score (nSPS) is 41.2. The van der Waals surface area contributed by atoms with E-state index < -0.39 is 36.8 Å². The standard InChI is InChI=1S/C9H18O6/c1-9(14)3-5(11)2-7(15-9)8(13)6(12)4-10/h5-8,10-14H,2-4H2,1H3/t5?,6-,7?,8-,9?/m0/s1. The molecule has 6 nitrogen and oxygen atoms in total. The maximum Gasteiger partial charge on any atom is 0.165 e. The molecule has 1 heterocycles. The van der Waals surface area contributed by atoms with Crippen LogP contribution in [0, 0.1) is 0 Å². The van der Waals surface area contributed by atoms with Gasteiger partial charge in [0, 0.05) is 12.8 Å².